The Balaban J connectivity index is 2.44. The summed E-state index contributed by atoms with van der Waals surface area (Å²) >= 11 is 0. The average Bonchev–Trinajstić information content (AvgIpc) is 2.39. The number of hydrogen-bond acceptors (Lipinski definition) is 2. The van der Waals surface area contributed by atoms with Crippen LogP contribution < -0.4 is 10.6 Å². The lowest BCUT2D eigenvalue weighted by Gasteiger charge is -2.43. The van der Waals surface area contributed by atoms with Gasteiger partial charge in [0.25, 0.3) is 0 Å². The fourth-order valence-electron chi connectivity index (χ4n) is 2.62. The standard InChI is InChI=1S/C15H32N4/c1-6-9-17-14(16-5)18-12-15(3,4)19-10-7-8-13(2)11-19/h13H,6-12H2,1-5H3,(H2,16,17,18). The molecule has 1 saturated heterocycles. The molecule has 1 rings (SSSR count). The van der Waals surface area contributed by atoms with Crippen molar-refractivity contribution in [2.45, 2.75) is 52.5 Å². The molecule has 4 nitrogen and oxygen atoms in total. The molecule has 0 aromatic carbocycles. The van der Waals surface area contributed by atoms with E-state index in [9.17, 15) is 0 Å². The van der Waals surface area contributed by atoms with Crippen molar-refractivity contribution in [3.8, 4) is 0 Å². The van der Waals surface area contributed by atoms with Crippen LogP contribution in [0.1, 0.15) is 47.0 Å². The summed E-state index contributed by atoms with van der Waals surface area (Å²) in [5, 5.41) is 6.78. The Labute approximate surface area is 119 Å². The Morgan fingerprint density at radius 1 is 1.37 bits per heavy atom. The highest BCUT2D eigenvalue weighted by atomic mass is 15.2. The quantitative estimate of drug-likeness (QED) is 0.592. The molecule has 1 aliphatic heterocycles. The van der Waals surface area contributed by atoms with Crippen LogP contribution in [0, 0.1) is 5.92 Å². The van der Waals surface area contributed by atoms with Crippen molar-refractivity contribution >= 4 is 5.96 Å². The molecular formula is C15H32N4. The molecule has 0 aromatic rings. The minimum absolute atomic E-state index is 0.179. The molecule has 0 saturated carbocycles. The first kappa shape index (κ1) is 16.3. The number of hydrogen-bond donors (Lipinski definition) is 2. The second-order valence-electron chi connectivity index (χ2n) is 6.36. The zero-order valence-corrected chi connectivity index (χ0v) is 13.4. The molecule has 0 amide bonds. The molecule has 0 bridgehead atoms. The predicted octanol–water partition coefficient (Wildman–Crippen LogP) is 2.07. The largest absolute Gasteiger partial charge is 0.356 e. The van der Waals surface area contributed by atoms with E-state index in [0.717, 1.165) is 31.4 Å². The maximum Gasteiger partial charge on any atom is 0.191 e. The molecule has 0 radical (unpaired) electrons. The summed E-state index contributed by atoms with van der Waals surface area (Å²) in [6.45, 7) is 13.5. The molecule has 19 heavy (non-hydrogen) atoms. The number of aliphatic imine (C=N–C) groups is 1. The van der Waals surface area contributed by atoms with E-state index in [-0.39, 0.29) is 5.54 Å². The smallest absolute Gasteiger partial charge is 0.191 e. The van der Waals surface area contributed by atoms with E-state index in [4.69, 9.17) is 0 Å². The Morgan fingerprint density at radius 3 is 2.68 bits per heavy atom. The Hall–Kier alpha value is -0.770. The van der Waals surface area contributed by atoms with Crippen molar-refractivity contribution in [3.05, 3.63) is 0 Å². The highest BCUT2D eigenvalue weighted by molar-refractivity contribution is 5.79. The summed E-state index contributed by atoms with van der Waals surface area (Å²) in [6, 6.07) is 0. The fourth-order valence-corrected chi connectivity index (χ4v) is 2.62. The van der Waals surface area contributed by atoms with Crippen LogP contribution in [0.5, 0.6) is 0 Å². The number of likely N-dealkylation sites (tertiary alicyclic amines) is 1. The van der Waals surface area contributed by atoms with Gasteiger partial charge in [0, 0.05) is 32.2 Å². The molecule has 1 aliphatic rings. The number of nitrogens with one attached hydrogen (secondary N) is 2. The first-order valence-corrected chi connectivity index (χ1v) is 7.69. The van der Waals surface area contributed by atoms with Gasteiger partial charge in [-0.2, -0.15) is 0 Å². The molecule has 1 unspecified atom stereocenters. The van der Waals surface area contributed by atoms with Crippen molar-refractivity contribution in [1.29, 1.82) is 0 Å². The van der Waals surface area contributed by atoms with Gasteiger partial charge in [0.1, 0.15) is 0 Å². The maximum atomic E-state index is 4.26. The van der Waals surface area contributed by atoms with Gasteiger partial charge in [0.15, 0.2) is 5.96 Å². The van der Waals surface area contributed by atoms with E-state index in [1.165, 1.54) is 25.9 Å². The van der Waals surface area contributed by atoms with E-state index in [1.54, 1.807) is 0 Å². The summed E-state index contributed by atoms with van der Waals surface area (Å²) < 4.78 is 0. The van der Waals surface area contributed by atoms with E-state index >= 15 is 0 Å². The van der Waals surface area contributed by atoms with Gasteiger partial charge in [-0.05, 0) is 45.6 Å². The van der Waals surface area contributed by atoms with Gasteiger partial charge in [-0.15, -0.1) is 0 Å². The lowest BCUT2D eigenvalue weighted by molar-refractivity contribution is 0.0739. The van der Waals surface area contributed by atoms with E-state index in [2.05, 4.69) is 48.2 Å². The number of rotatable bonds is 5. The monoisotopic (exact) mass is 268 g/mol. The van der Waals surface area contributed by atoms with Gasteiger partial charge in [-0.3, -0.25) is 9.89 Å². The third-order valence-corrected chi connectivity index (χ3v) is 3.97. The van der Waals surface area contributed by atoms with Gasteiger partial charge in [0.05, 0.1) is 0 Å². The molecule has 1 heterocycles. The SMILES string of the molecule is CCCNC(=NC)NCC(C)(C)N1CCCC(C)C1. The molecule has 4 heteroatoms. The summed E-state index contributed by atoms with van der Waals surface area (Å²) in [4.78, 5) is 6.88. The minimum atomic E-state index is 0.179. The van der Waals surface area contributed by atoms with Gasteiger partial charge in [-0.25, -0.2) is 0 Å². The Kier molecular flexibility index (Phi) is 6.63. The third kappa shape index (κ3) is 5.39. The highest BCUT2D eigenvalue weighted by Crippen LogP contribution is 2.23. The zero-order valence-electron chi connectivity index (χ0n) is 13.4. The van der Waals surface area contributed by atoms with Crippen molar-refractivity contribution in [1.82, 2.24) is 15.5 Å². The van der Waals surface area contributed by atoms with Crippen LogP contribution in [0.4, 0.5) is 0 Å². The van der Waals surface area contributed by atoms with Crippen molar-refractivity contribution in [2.75, 3.05) is 33.2 Å². The minimum Gasteiger partial charge on any atom is -0.356 e. The predicted molar refractivity (Wildman–Crippen MR) is 83.7 cm³/mol. The Morgan fingerprint density at radius 2 is 2.11 bits per heavy atom. The molecule has 1 atom stereocenters. The molecule has 2 N–H and O–H groups in total. The second kappa shape index (κ2) is 7.73. The summed E-state index contributed by atoms with van der Waals surface area (Å²) in [6.07, 6.45) is 3.82. The highest BCUT2D eigenvalue weighted by Gasteiger charge is 2.30. The van der Waals surface area contributed by atoms with Gasteiger partial charge in [-0.1, -0.05) is 13.8 Å². The number of piperidine rings is 1. The third-order valence-electron chi connectivity index (χ3n) is 3.97. The lowest BCUT2D eigenvalue weighted by Crippen LogP contribution is -2.56. The van der Waals surface area contributed by atoms with Crippen LogP contribution in [0.3, 0.4) is 0 Å². The van der Waals surface area contributed by atoms with Gasteiger partial charge < -0.3 is 10.6 Å². The van der Waals surface area contributed by atoms with E-state index in [1.807, 2.05) is 7.05 Å². The van der Waals surface area contributed by atoms with Crippen molar-refractivity contribution in [2.24, 2.45) is 10.9 Å². The topological polar surface area (TPSA) is 39.7 Å². The van der Waals surface area contributed by atoms with Crippen LogP contribution in [0.25, 0.3) is 0 Å². The molecule has 0 spiro atoms. The molecule has 0 aliphatic carbocycles. The van der Waals surface area contributed by atoms with Crippen LogP contribution in [-0.2, 0) is 0 Å². The zero-order chi connectivity index (χ0) is 14.3. The first-order chi connectivity index (χ1) is 8.99. The summed E-state index contributed by atoms with van der Waals surface area (Å²) in [5.41, 5.74) is 0.179. The lowest BCUT2D eigenvalue weighted by atomic mass is 9.93. The van der Waals surface area contributed by atoms with Crippen LogP contribution in [0.15, 0.2) is 4.99 Å². The molecule has 0 aromatic heterocycles. The summed E-state index contributed by atoms with van der Waals surface area (Å²) in [7, 11) is 1.83. The van der Waals surface area contributed by atoms with Crippen LogP contribution in [0.2, 0.25) is 0 Å². The molecule has 1 fully saturated rings. The molecular weight excluding hydrogens is 236 g/mol. The normalized spacial score (nSPS) is 22.4. The van der Waals surface area contributed by atoms with Crippen LogP contribution in [-0.4, -0.2) is 49.6 Å². The second-order valence-corrected chi connectivity index (χ2v) is 6.36. The first-order valence-electron chi connectivity index (χ1n) is 7.69. The number of nitrogens with zero attached hydrogens (tertiary/aromatic N) is 2. The Bertz CT molecular complexity index is 286. The van der Waals surface area contributed by atoms with Crippen molar-refractivity contribution < 1.29 is 0 Å². The molecule has 112 valence electrons. The van der Waals surface area contributed by atoms with Gasteiger partial charge >= 0.3 is 0 Å². The fraction of sp³-hybridized carbons (Fsp3) is 0.933. The van der Waals surface area contributed by atoms with E-state index < -0.39 is 0 Å². The average molecular weight is 268 g/mol. The van der Waals surface area contributed by atoms with Gasteiger partial charge in [0.2, 0.25) is 0 Å². The maximum absolute atomic E-state index is 4.26. The van der Waals surface area contributed by atoms with E-state index in [0.29, 0.717) is 0 Å². The van der Waals surface area contributed by atoms with Crippen molar-refractivity contribution in [3.63, 3.8) is 0 Å². The van der Waals surface area contributed by atoms with Crippen LogP contribution >= 0.6 is 0 Å². The number of guanidine groups is 1. The summed E-state index contributed by atoms with van der Waals surface area (Å²) in [5.74, 6) is 1.74.